The van der Waals surface area contributed by atoms with Gasteiger partial charge in [0.25, 0.3) is 0 Å². The van der Waals surface area contributed by atoms with Crippen molar-refractivity contribution < 1.29 is 9.53 Å². The van der Waals surface area contributed by atoms with Crippen LogP contribution < -0.4 is 4.74 Å². The minimum absolute atomic E-state index is 0.0636. The van der Waals surface area contributed by atoms with Crippen LogP contribution in [-0.2, 0) is 6.61 Å². The van der Waals surface area contributed by atoms with Crippen molar-refractivity contribution in [1.29, 1.82) is 0 Å². The van der Waals surface area contributed by atoms with Crippen LogP contribution in [-0.4, -0.2) is 11.7 Å². The molecular formula is C16H14Cl2O2. The van der Waals surface area contributed by atoms with E-state index < -0.39 is 0 Å². The SMILES string of the molecule is Cc1ccc(OCc2ccccc2Cl)c(C(=O)CCl)c1. The highest BCUT2D eigenvalue weighted by Crippen LogP contribution is 2.24. The van der Waals surface area contributed by atoms with Crippen LogP contribution >= 0.6 is 23.2 Å². The molecule has 104 valence electrons. The van der Waals surface area contributed by atoms with Crippen LogP contribution in [0.3, 0.4) is 0 Å². The van der Waals surface area contributed by atoms with Gasteiger partial charge in [-0.15, -0.1) is 11.6 Å². The zero-order valence-electron chi connectivity index (χ0n) is 11.0. The lowest BCUT2D eigenvalue weighted by Crippen LogP contribution is -2.06. The number of aryl methyl sites for hydroxylation is 1. The molecule has 0 heterocycles. The monoisotopic (exact) mass is 308 g/mol. The maximum atomic E-state index is 11.8. The van der Waals surface area contributed by atoms with Gasteiger partial charge in [0, 0.05) is 10.6 Å². The zero-order valence-corrected chi connectivity index (χ0v) is 12.5. The third-order valence-electron chi connectivity index (χ3n) is 2.90. The number of hydrogen-bond donors (Lipinski definition) is 0. The second-order valence-corrected chi connectivity index (χ2v) is 5.11. The molecule has 2 aromatic carbocycles. The highest BCUT2D eigenvalue weighted by Gasteiger charge is 2.12. The van der Waals surface area contributed by atoms with Gasteiger partial charge >= 0.3 is 0 Å². The standard InChI is InChI=1S/C16H14Cl2O2/c1-11-6-7-16(13(8-11)15(19)9-17)20-10-12-4-2-3-5-14(12)18/h2-8H,9-10H2,1H3. The minimum atomic E-state index is -0.149. The van der Waals surface area contributed by atoms with E-state index in [1.54, 1.807) is 18.2 Å². The predicted molar refractivity (Wildman–Crippen MR) is 82.0 cm³/mol. The van der Waals surface area contributed by atoms with Crippen LogP contribution in [0.25, 0.3) is 0 Å². The van der Waals surface area contributed by atoms with E-state index in [-0.39, 0.29) is 11.7 Å². The topological polar surface area (TPSA) is 26.3 Å². The van der Waals surface area contributed by atoms with Crippen molar-refractivity contribution in [2.24, 2.45) is 0 Å². The Balaban J connectivity index is 2.21. The minimum Gasteiger partial charge on any atom is -0.488 e. The summed E-state index contributed by atoms with van der Waals surface area (Å²) in [4.78, 5) is 11.8. The molecule has 0 unspecified atom stereocenters. The maximum absolute atomic E-state index is 11.8. The fourth-order valence-corrected chi connectivity index (χ4v) is 2.16. The number of alkyl halides is 1. The molecule has 0 aliphatic heterocycles. The van der Waals surface area contributed by atoms with Crippen LogP contribution in [0.15, 0.2) is 42.5 Å². The van der Waals surface area contributed by atoms with Gasteiger partial charge in [0.05, 0.1) is 11.4 Å². The summed E-state index contributed by atoms with van der Waals surface area (Å²) >= 11 is 11.7. The molecule has 0 saturated heterocycles. The molecule has 2 rings (SSSR count). The Morgan fingerprint density at radius 3 is 2.65 bits per heavy atom. The molecule has 2 aromatic rings. The van der Waals surface area contributed by atoms with Crippen LogP contribution in [0.4, 0.5) is 0 Å². The first-order valence-electron chi connectivity index (χ1n) is 6.18. The molecule has 4 heteroatoms. The summed E-state index contributed by atoms with van der Waals surface area (Å²) < 4.78 is 5.72. The molecule has 20 heavy (non-hydrogen) atoms. The highest BCUT2D eigenvalue weighted by molar-refractivity contribution is 6.31. The molecule has 0 spiro atoms. The number of ketones is 1. The Labute approximate surface area is 128 Å². The number of ether oxygens (including phenoxy) is 1. The Hall–Kier alpha value is -1.51. The fourth-order valence-electron chi connectivity index (χ4n) is 1.83. The van der Waals surface area contributed by atoms with Gasteiger partial charge in [-0.25, -0.2) is 0 Å². The lowest BCUT2D eigenvalue weighted by molar-refractivity contribution is 0.101. The van der Waals surface area contributed by atoms with E-state index in [2.05, 4.69) is 0 Å². The normalized spacial score (nSPS) is 10.3. The van der Waals surface area contributed by atoms with Crippen LogP contribution in [0.5, 0.6) is 5.75 Å². The number of carbonyl (C=O) groups is 1. The molecule has 0 N–H and O–H groups in total. The Morgan fingerprint density at radius 2 is 1.95 bits per heavy atom. The van der Waals surface area contributed by atoms with Crippen molar-refractivity contribution >= 4 is 29.0 Å². The van der Waals surface area contributed by atoms with Crippen molar-refractivity contribution in [2.45, 2.75) is 13.5 Å². The third kappa shape index (κ3) is 3.53. The largest absolute Gasteiger partial charge is 0.488 e. The van der Waals surface area contributed by atoms with E-state index in [0.29, 0.717) is 22.9 Å². The van der Waals surface area contributed by atoms with E-state index in [9.17, 15) is 4.79 Å². The molecule has 0 bridgehead atoms. The first-order chi connectivity index (χ1) is 9.61. The van der Waals surface area contributed by atoms with E-state index in [1.807, 2.05) is 31.2 Å². The lowest BCUT2D eigenvalue weighted by Gasteiger charge is -2.12. The summed E-state index contributed by atoms with van der Waals surface area (Å²) in [6.45, 7) is 2.23. The van der Waals surface area contributed by atoms with E-state index >= 15 is 0 Å². The molecule has 0 aliphatic rings. The fraction of sp³-hybridized carbons (Fsp3) is 0.188. The summed E-state index contributed by atoms with van der Waals surface area (Å²) in [7, 11) is 0. The number of hydrogen-bond acceptors (Lipinski definition) is 2. The van der Waals surface area contributed by atoms with E-state index in [4.69, 9.17) is 27.9 Å². The Kier molecular flexibility index (Phi) is 5.05. The third-order valence-corrected chi connectivity index (χ3v) is 3.51. The van der Waals surface area contributed by atoms with Crippen LogP contribution in [0.1, 0.15) is 21.5 Å². The first kappa shape index (κ1) is 14.9. The van der Waals surface area contributed by atoms with Gasteiger partial charge in [-0.2, -0.15) is 0 Å². The van der Waals surface area contributed by atoms with Gasteiger partial charge in [0.2, 0.25) is 0 Å². The number of Topliss-reactive ketones (excluding diaryl/α,β-unsaturated/α-hetero) is 1. The van der Waals surface area contributed by atoms with Crippen molar-refractivity contribution in [3.05, 3.63) is 64.2 Å². The second kappa shape index (κ2) is 6.78. The van der Waals surface area contributed by atoms with Crippen LogP contribution in [0, 0.1) is 6.92 Å². The number of rotatable bonds is 5. The highest BCUT2D eigenvalue weighted by atomic mass is 35.5. The Bertz CT molecular complexity index is 624. The number of halogens is 2. The summed E-state index contributed by atoms with van der Waals surface area (Å²) in [5.41, 5.74) is 2.37. The maximum Gasteiger partial charge on any atom is 0.181 e. The van der Waals surface area contributed by atoms with E-state index in [1.165, 1.54) is 0 Å². The number of benzene rings is 2. The molecular weight excluding hydrogens is 295 g/mol. The van der Waals surface area contributed by atoms with Crippen molar-refractivity contribution in [1.82, 2.24) is 0 Å². The second-order valence-electron chi connectivity index (χ2n) is 4.44. The van der Waals surface area contributed by atoms with Gasteiger partial charge in [-0.1, -0.05) is 41.4 Å². The van der Waals surface area contributed by atoms with Crippen molar-refractivity contribution in [3.63, 3.8) is 0 Å². The summed E-state index contributed by atoms with van der Waals surface area (Å²) in [6.07, 6.45) is 0. The van der Waals surface area contributed by atoms with Crippen molar-refractivity contribution in [3.8, 4) is 5.75 Å². The van der Waals surface area contributed by atoms with Crippen molar-refractivity contribution in [2.75, 3.05) is 5.88 Å². The quantitative estimate of drug-likeness (QED) is 0.593. The number of carbonyl (C=O) groups excluding carboxylic acids is 1. The van der Waals surface area contributed by atoms with E-state index in [0.717, 1.165) is 11.1 Å². The van der Waals surface area contributed by atoms with Gasteiger partial charge in [-0.3, -0.25) is 4.79 Å². The predicted octanol–water partition coefficient (Wildman–Crippen LogP) is 4.65. The van der Waals surface area contributed by atoms with Gasteiger partial charge < -0.3 is 4.74 Å². The summed E-state index contributed by atoms with van der Waals surface area (Å²) in [6, 6.07) is 12.9. The molecule has 0 aromatic heterocycles. The molecule has 0 atom stereocenters. The summed E-state index contributed by atoms with van der Waals surface area (Å²) in [5.74, 6) is 0.317. The summed E-state index contributed by atoms with van der Waals surface area (Å²) in [5, 5.41) is 0.643. The van der Waals surface area contributed by atoms with Gasteiger partial charge in [0.15, 0.2) is 5.78 Å². The smallest absolute Gasteiger partial charge is 0.181 e. The molecule has 2 nitrogen and oxygen atoms in total. The molecule has 0 fully saturated rings. The Morgan fingerprint density at radius 1 is 1.20 bits per heavy atom. The molecule has 0 amide bonds. The molecule has 0 saturated carbocycles. The average Bonchev–Trinajstić information content (AvgIpc) is 2.46. The molecule has 0 radical (unpaired) electrons. The van der Waals surface area contributed by atoms with Gasteiger partial charge in [0.1, 0.15) is 12.4 Å². The average molecular weight is 309 g/mol. The van der Waals surface area contributed by atoms with Gasteiger partial charge in [-0.05, 0) is 25.1 Å². The zero-order chi connectivity index (χ0) is 14.5. The molecule has 0 aliphatic carbocycles. The lowest BCUT2D eigenvalue weighted by atomic mass is 10.1. The first-order valence-corrected chi connectivity index (χ1v) is 7.09. The van der Waals surface area contributed by atoms with Crippen LogP contribution in [0.2, 0.25) is 5.02 Å².